The van der Waals surface area contributed by atoms with Crippen LogP contribution < -0.4 is 5.32 Å². The van der Waals surface area contributed by atoms with Gasteiger partial charge in [-0.3, -0.25) is 4.98 Å². The number of hydrogen-bond acceptors (Lipinski definition) is 2. The first-order valence-corrected chi connectivity index (χ1v) is 5.31. The molecule has 1 saturated carbocycles. The predicted molar refractivity (Wildman–Crippen MR) is 58.0 cm³/mol. The Balaban J connectivity index is 1.80. The molecule has 0 atom stereocenters. The smallest absolute Gasteiger partial charge is 0.0544 e. The molecule has 2 rings (SSSR count). The van der Waals surface area contributed by atoms with Crippen molar-refractivity contribution in [2.75, 3.05) is 6.54 Å². The van der Waals surface area contributed by atoms with Crippen LogP contribution in [0.5, 0.6) is 0 Å². The Kier molecular flexibility index (Phi) is 2.55. The van der Waals surface area contributed by atoms with Gasteiger partial charge in [0.15, 0.2) is 0 Å². The molecular weight excluding hydrogens is 172 g/mol. The summed E-state index contributed by atoms with van der Waals surface area (Å²) >= 11 is 0. The third kappa shape index (κ3) is 2.55. The summed E-state index contributed by atoms with van der Waals surface area (Å²) in [7, 11) is 0. The van der Waals surface area contributed by atoms with Crippen molar-refractivity contribution >= 4 is 0 Å². The second-order valence-electron chi connectivity index (χ2n) is 4.68. The molecular formula is C12H18N2. The van der Waals surface area contributed by atoms with Crippen LogP contribution in [0.25, 0.3) is 0 Å². The van der Waals surface area contributed by atoms with Crippen LogP contribution in [0, 0.1) is 12.3 Å². The van der Waals surface area contributed by atoms with Crippen molar-refractivity contribution in [2.45, 2.75) is 33.2 Å². The van der Waals surface area contributed by atoms with E-state index in [0.29, 0.717) is 5.41 Å². The van der Waals surface area contributed by atoms with Crippen LogP contribution in [-0.4, -0.2) is 11.5 Å². The molecule has 76 valence electrons. The molecule has 1 aliphatic rings. The quantitative estimate of drug-likeness (QED) is 0.788. The maximum Gasteiger partial charge on any atom is 0.0544 e. The molecule has 1 fully saturated rings. The number of aryl methyl sites for hydroxylation is 1. The Morgan fingerprint density at radius 1 is 1.43 bits per heavy atom. The van der Waals surface area contributed by atoms with Gasteiger partial charge in [-0.15, -0.1) is 0 Å². The highest BCUT2D eigenvalue weighted by atomic mass is 14.9. The third-order valence-electron chi connectivity index (χ3n) is 2.91. The molecule has 0 amide bonds. The van der Waals surface area contributed by atoms with E-state index in [2.05, 4.69) is 29.4 Å². The Morgan fingerprint density at radius 3 is 2.86 bits per heavy atom. The van der Waals surface area contributed by atoms with E-state index in [4.69, 9.17) is 0 Å². The van der Waals surface area contributed by atoms with Crippen LogP contribution in [-0.2, 0) is 6.54 Å². The summed E-state index contributed by atoms with van der Waals surface area (Å²) in [5.41, 5.74) is 2.83. The van der Waals surface area contributed by atoms with Crippen LogP contribution >= 0.6 is 0 Å². The SMILES string of the molecule is Cc1cccc(CNCC2(C)CC2)n1. The van der Waals surface area contributed by atoms with Crippen molar-refractivity contribution in [3.63, 3.8) is 0 Å². The van der Waals surface area contributed by atoms with Crippen molar-refractivity contribution in [2.24, 2.45) is 5.41 Å². The minimum absolute atomic E-state index is 0.587. The maximum atomic E-state index is 4.45. The van der Waals surface area contributed by atoms with Gasteiger partial charge in [-0.05, 0) is 37.3 Å². The van der Waals surface area contributed by atoms with Crippen molar-refractivity contribution in [3.8, 4) is 0 Å². The summed E-state index contributed by atoms with van der Waals surface area (Å²) in [6.45, 7) is 6.40. The zero-order valence-corrected chi connectivity index (χ0v) is 9.01. The summed E-state index contributed by atoms with van der Waals surface area (Å²) in [6.07, 6.45) is 2.75. The van der Waals surface area contributed by atoms with E-state index in [0.717, 1.165) is 24.5 Å². The fourth-order valence-electron chi connectivity index (χ4n) is 1.58. The van der Waals surface area contributed by atoms with E-state index >= 15 is 0 Å². The molecule has 2 heteroatoms. The van der Waals surface area contributed by atoms with Gasteiger partial charge in [0.1, 0.15) is 0 Å². The lowest BCUT2D eigenvalue weighted by atomic mass is 10.1. The van der Waals surface area contributed by atoms with Gasteiger partial charge in [-0.1, -0.05) is 13.0 Å². The predicted octanol–water partition coefficient (Wildman–Crippen LogP) is 2.28. The lowest BCUT2D eigenvalue weighted by Gasteiger charge is -2.09. The lowest BCUT2D eigenvalue weighted by Crippen LogP contribution is -2.22. The summed E-state index contributed by atoms with van der Waals surface area (Å²) in [4.78, 5) is 4.45. The van der Waals surface area contributed by atoms with E-state index in [-0.39, 0.29) is 0 Å². The van der Waals surface area contributed by atoms with Crippen LogP contribution in [0.15, 0.2) is 18.2 Å². The number of aromatic nitrogens is 1. The van der Waals surface area contributed by atoms with Crippen molar-refractivity contribution in [1.82, 2.24) is 10.3 Å². The van der Waals surface area contributed by atoms with Crippen molar-refractivity contribution < 1.29 is 0 Å². The molecule has 1 aromatic heterocycles. The molecule has 1 aromatic rings. The van der Waals surface area contributed by atoms with E-state index in [1.807, 2.05) is 13.0 Å². The molecule has 0 unspecified atom stereocenters. The Labute approximate surface area is 85.7 Å². The number of hydrogen-bond donors (Lipinski definition) is 1. The van der Waals surface area contributed by atoms with Crippen LogP contribution in [0.3, 0.4) is 0 Å². The van der Waals surface area contributed by atoms with Crippen LogP contribution in [0.4, 0.5) is 0 Å². The van der Waals surface area contributed by atoms with E-state index in [1.54, 1.807) is 0 Å². The normalized spacial score (nSPS) is 18.1. The average Bonchev–Trinajstić information content (AvgIpc) is 2.84. The fraction of sp³-hybridized carbons (Fsp3) is 0.583. The Hall–Kier alpha value is -0.890. The van der Waals surface area contributed by atoms with Crippen LogP contribution in [0.2, 0.25) is 0 Å². The molecule has 14 heavy (non-hydrogen) atoms. The van der Waals surface area contributed by atoms with Gasteiger partial charge in [-0.25, -0.2) is 0 Å². The second kappa shape index (κ2) is 3.70. The van der Waals surface area contributed by atoms with Gasteiger partial charge < -0.3 is 5.32 Å². The third-order valence-corrected chi connectivity index (χ3v) is 2.91. The van der Waals surface area contributed by atoms with Crippen molar-refractivity contribution in [1.29, 1.82) is 0 Å². The highest BCUT2D eigenvalue weighted by Crippen LogP contribution is 2.44. The Morgan fingerprint density at radius 2 is 2.21 bits per heavy atom. The number of rotatable bonds is 4. The minimum atomic E-state index is 0.587. The average molecular weight is 190 g/mol. The molecule has 0 saturated heterocycles. The van der Waals surface area contributed by atoms with Gasteiger partial charge in [0.2, 0.25) is 0 Å². The molecule has 1 N–H and O–H groups in total. The monoisotopic (exact) mass is 190 g/mol. The van der Waals surface area contributed by atoms with Crippen LogP contribution in [0.1, 0.15) is 31.2 Å². The largest absolute Gasteiger partial charge is 0.311 e. The standard InChI is InChI=1S/C12H18N2/c1-10-4-3-5-11(14-10)8-13-9-12(2)6-7-12/h3-5,13H,6-9H2,1-2H3. The maximum absolute atomic E-state index is 4.45. The number of nitrogens with zero attached hydrogens (tertiary/aromatic N) is 1. The molecule has 1 heterocycles. The lowest BCUT2D eigenvalue weighted by molar-refractivity contribution is 0.496. The topological polar surface area (TPSA) is 24.9 Å². The first-order valence-electron chi connectivity index (χ1n) is 5.31. The van der Waals surface area contributed by atoms with Gasteiger partial charge in [0.25, 0.3) is 0 Å². The van der Waals surface area contributed by atoms with Gasteiger partial charge in [0.05, 0.1) is 5.69 Å². The fourth-order valence-corrected chi connectivity index (χ4v) is 1.58. The Bertz CT molecular complexity index is 316. The molecule has 2 nitrogen and oxygen atoms in total. The summed E-state index contributed by atoms with van der Waals surface area (Å²) in [5.74, 6) is 0. The molecule has 0 bridgehead atoms. The molecule has 0 aromatic carbocycles. The van der Waals surface area contributed by atoms with Gasteiger partial charge >= 0.3 is 0 Å². The summed E-state index contributed by atoms with van der Waals surface area (Å²) in [5, 5.41) is 3.47. The zero-order chi connectivity index (χ0) is 10.0. The molecule has 0 spiro atoms. The number of pyridine rings is 1. The van der Waals surface area contributed by atoms with E-state index in [9.17, 15) is 0 Å². The van der Waals surface area contributed by atoms with E-state index in [1.165, 1.54) is 12.8 Å². The molecule has 0 aliphatic heterocycles. The van der Waals surface area contributed by atoms with Crippen molar-refractivity contribution in [3.05, 3.63) is 29.6 Å². The number of nitrogens with one attached hydrogen (secondary N) is 1. The minimum Gasteiger partial charge on any atom is -0.311 e. The molecule has 1 aliphatic carbocycles. The summed E-state index contributed by atoms with van der Waals surface area (Å²) in [6, 6.07) is 6.18. The summed E-state index contributed by atoms with van der Waals surface area (Å²) < 4.78 is 0. The van der Waals surface area contributed by atoms with Gasteiger partial charge in [0, 0.05) is 18.8 Å². The highest BCUT2D eigenvalue weighted by Gasteiger charge is 2.36. The second-order valence-corrected chi connectivity index (χ2v) is 4.68. The first-order chi connectivity index (χ1) is 6.68. The van der Waals surface area contributed by atoms with E-state index < -0.39 is 0 Å². The zero-order valence-electron chi connectivity index (χ0n) is 9.01. The van der Waals surface area contributed by atoms with Gasteiger partial charge in [-0.2, -0.15) is 0 Å². The first kappa shape index (κ1) is 9.66. The molecule has 0 radical (unpaired) electrons. The highest BCUT2D eigenvalue weighted by molar-refractivity contribution is 5.09.